The van der Waals surface area contributed by atoms with Gasteiger partial charge in [-0.2, -0.15) is 0 Å². The Morgan fingerprint density at radius 3 is 2.22 bits per heavy atom. The first-order valence-corrected chi connectivity index (χ1v) is 16.0. The van der Waals surface area contributed by atoms with Gasteiger partial charge in [0, 0.05) is 22.6 Å². The summed E-state index contributed by atoms with van der Waals surface area (Å²) in [4.78, 5) is 54.3. The molecular weight excluding hydrogens is 598 g/mol. The number of hydrogen-bond donors (Lipinski definition) is 2. The van der Waals surface area contributed by atoms with Gasteiger partial charge in [0.2, 0.25) is 11.8 Å². The van der Waals surface area contributed by atoms with Crippen LogP contribution in [0, 0.1) is 0 Å². The molecule has 5 rings (SSSR count). The van der Waals surface area contributed by atoms with Gasteiger partial charge in [-0.15, -0.1) is 11.8 Å². The molecule has 1 saturated heterocycles. The third-order valence-electron chi connectivity index (χ3n) is 7.34. The number of nitrogens with one attached hydrogen (secondary N) is 2. The van der Waals surface area contributed by atoms with Gasteiger partial charge in [0.15, 0.2) is 0 Å². The van der Waals surface area contributed by atoms with Crippen LogP contribution in [0.4, 0.5) is 11.4 Å². The summed E-state index contributed by atoms with van der Waals surface area (Å²) < 4.78 is 5.46. The van der Waals surface area contributed by atoms with Crippen LogP contribution in [0.3, 0.4) is 0 Å². The predicted molar refractivity (Wildman–Crippen MR) is 182 cm³/mol. The van der Waals surface area contributed by atoms with Crippen LogP contribution >= 0.6 is 11.8 Å². The average Bonchev–Trinajstić information content (AvgIpc) is 3.34. The van der Waals surface area contributed by atoms with Gasteiger partial charge in [0.25, 0.3) is 11.8 Å². The summed E-state index contributed by atoms with van der Waals surface area (Å²) in [6.07, 6.45) is 1.73. The number of hydrogen-bond acceptors (Lipinski definition) is 6. The van der Waals surface area contributed by atoms with E-state index in [1.807, 2.05) is 37.3 Å². The highest BCUT2D eigenvalue weighted by molar-refractivity contribution is 8.00. The van der Waals surface area contributed by atoms with E-state index in [-0.39, 0.29) is 23.9 Å². The van der Waals surface area contributed by atoms with Crippen molar-refractivity contribution in [2.45, 2.75) is 43.3 Å². The fourth-order valence-corrected chi connectivity index (χ4v) is 5.95. The minimum Gasteiger partial charge on any atom is -0.494 e. The van der Waals surface area contributed by atoms with Crippen molar-refractivity contribution in [1.29, 1.82) is 0 Å². The van der Waals surface area contributed by atoms with Crippen molar-refractivity contribution in [3.63, 3.8) is 0 Å². The van der Waals surface area contributed by atoms with Gasteiger partial charge in [0.1, 0.15) is 11.4 Å². The molecule has 1 aliphatic heterocycles. The fourth-order valence-electron chi connectivity index (χ4n) is 4.89. The number of nitrogens with zero attached hydrogens (tertiary/aromatic N) is 1. The molecule has 0 aliphatic carbocycles. The van der Waals surface area contributed by atoms with Gasteiger partial charge in [-0.25, -0.2) is 4.90 Å². The molecule has 0 aromatic heterocycles. The first-order valence-electron chi connectivity index (χ1n) is 15.1. The first kappa shape index (κ1) is 32.2. The minimum absolute atomic E-state index is 0.0859. The number of ether oxygens (including phenoxy) is 1. The zero-order valence-corrected chi connectivity index (χ0v) is 26.7. The lowest BCUT2D eigenvalue weighted by Crippen LogP contribution is -2.31. The molecule has 1 heterocycles. The SMILES string of the molecule is CCOc1ccc(N2C(=O)CC(Sc3ccc(NC(=O)/C(=C/c4ccc(C(C)C)cc4)NC(=O)c4ccccc4)cc3)C2=O)cc1. The second-order valence-corrected chi connectivity index (χ2v) is 12.3. The molecule has 0 spiro atoms. The Hall–Kier alpha value is -5.15. The van der Waals surface area contributed by atoms with Crippen molar-refractivity contribution in [2.75, 3.05) is 16.8 Å². The molecule has 234 valence electrons. The monoisotopic (exact) mass is 633 g/mol. The highest BCUT2D eigenvalue weighted by Gasteiger charge is 2.40. The van der Waals surface area contributed by atoms with E-state index in [1.54, 1.807) is 78.9 Å². The second-order valence-electron chi connectivity index (χ2n) is 11.0. The normalized spacial score (nSPS) is 14.8. The van der Waals surface area contributed by atoms with Crippen LogP contribution in [0.25, 0.3) is 6.08 Å². The summed E-state index contributed by atoms with van der Waals surface area (Å²) in [5.41, 5.74) is 3.48. The van der Waals surface area contributed by atoms with Gasteiger partial charge < -0.3 is 15.4 Å². The molecule has 1 aliphatic rings. The third kappa shape index (κ3) is 7.92. The molecule has 9 heteroatoms. The van der Waals surface area contributed by atoms with Gasteiger partial charge in [0.05, 0.1) is 17.5 Å². The van der Waals surface area contributed by atoms with Gasteiger partial charge in [-0.05, 0) is 90.7 Å². The van der Waals surface area contributed by atoms with E-state index in [4.69, 9.17) is 4.74 Å². The van der Waals surface area contributed by atoms with Crippen LogP contribution in [0.2, 0.25) is 0 Å². The van der Waals surface area contributed by atoms with Crippen molar-refractivity contribution < 1.29 is 23.9 Å². The quantitative estimate of drug-likeness (QED) is 0.136. The number of thioether (sulfide) groups is 1. The molecule has 4 amide bonds. The molecule has 8 nitrogen and oxygen atoms in total. The minimum atomic E-state index is -0.565. The largest absolute Gasteiger partial charge is 0.494 e. The highest BCUT2D eigenvalue weighted by Crippen LogP contribution is 2.35. The van der Waals surface area contributed by atoms with Crippen LogP contribution in [0.1, 0.15) is 54.6 Å². The van der Waals surface area contributed by atoms with Crippen LogP contribution < -0.4 is 20.3 Å². The van der Waals surface area contributed by atoms with E-state index in [0.717, 1.165) is 10.5 Å². The molecule has 1 atom stereocenters. The molecule has 46 heavy (non-hydrogen) atoms. The summed E-state index contributed by atoms with van der Waals surface area (Å²) >= 11 is 1.30. The van der Waals surface area contributed by atoms with E-state index < -0.39 is 17.1 Å². The lowest BCUT2D eigenvalue weighted by Gasteiger charge is -2.15. The van der Waals surface area contributed by atoms with Crippen molar-refractivity contribution in [3.05, 3.63) is 126 Å². The van der Waals surface area contributed by atoms with Crippen LogP contribution in [-0.4, -0.2) is 35.5 Å². The maximum absolute atomic E-state index is 13.4. The number of carbonyl (C=O) groups is 4. The molecular formula is C37H35N3O5S. The summed E-state index contributed by atoms with van der Waals surface area (Å²) in [6.45, 7) is 6.63. The Kier molecular flexibility index (Phi) is 10.3. The molecule has 0 saturated carbocycles. The van der Waals surface area contributed by atoms with Crippen molar-refractivity contribution in [2.24, 2.45) is 0 Å². The van der Waals surface area contributed by atoms with E-state index in [2.05, 4.69) is 24.5 Å². The Balaban J connectivity index is 1.27. The van der Waals surface area contributed by atoms with Gasteiger partial charge in [-0.3, -0.25) is 19.2 Å². The second kappa shape index (κ2) is 14.8. The Morgan fingerprint density at radius 1 is 0.913 bits per heavy atom. The molecule has 0 bridgehead atoms. The van der Waals surface area contributed by atoms with Crippen molar-refractivity contribution in [3.8, 4) is 5.75 Å². The highest BCUT2D eigenvalue weighted by atomic mass is 32.2. The van der Waals surface area contributed by atoms with Crippen LogP contribution in [0.5, 0.6) is 5.75 Å². The topological polar surface area (TPSA) is 105 Å². The van der Waals surface area contributed by atoms with E-state index in [1.165, 1.54) is 22.2 Å². The molecule has 1 fully saturated rings. The van der Waals surface area contributed by atoms with Gasteiger partial charge in [-0.1, -0.05) is 56.3 Å². The smallest absolute Gasteiger partial charge is 0.272 e. The van der Waals surface area contributed by atoms with Crippen molar-refractivity contribution >= 4 is 52.8 Å². The average molecular weight is 634 g/mol. The summed E-state index contributed by atoms with van der Waals surface area (Å²) in [5, 5.41) is 5.05. The molecule has 0 radical (unpaired) electrons. The standard InChI is InChI=1S/C37H35N3O5S/c1-4-45-30-18-16-29(17-19-30)40-34(41)23-33(37(40)44)46-31-20-14-28(15-21-31)38-36(43)32(39-35(42)27-8-6-5-7-9-27)22-25-10-12-26(13-11-25)24(2)3/h5-22,24,33H,4,23H2,1-3H3,(H,38,43)(H,39,42)/b32-22-. The lowest BCUT2D eigenvalue weighted by atomic mass is 10.0. The van der Waals surface area contributed by atoms with Crippen LogP contribution in [0.15, 0.2) is 114 Å². The molecule has 1 unspecified atom stereocenters. The Bertz CT molecular complexity index is 1740. The van der Waals surface area contributed by atoms with Gasteiger partial charge >= 0.3 is 0 Å². The zero-order chi connectivity index (χ0) is 32.6. The molecule has 2 N–H and O–H groups in total. The number of rotatable bonds is 11. The van der Waals surface area contributed by atoms with Crippen LogP contribution in [-0.2, 0) is 14.4 Å². The third-order valence-corrected chi connectivity index (χ3v) is 8.54. The van der Waals surface area contributed by atoms with Crippen molar-refractivity contribution in [1.82, 2.24) is 5.32 Å². The van der Waals surface area contributed by atoms with E-state index in [0.29, 0.717) is 35.2 Å². The number of benzene rings is 4. The molecule has 4 aromatic carbocycles. The number of imide groups is 1. The summed E-state index contributed by atoms with van der Waals surface area (Å²) in [6, 6.07) is 30.4. The van der Waals surface area contributed by atoms with E-state index in [9.17, 15) is 19.2 Å². The predicted octanol–water partition coefficient (Wildman–Crippen LogP) is 7.04. The zero-order valence-electron chi connectivity index (χ0n) is 25.9. The Morgan fingerprint density at radius 2 is 1.59 bits per heavy atom. The Labute approximate surface area is 272 Å². The maximum atomic E-state index is 13.4. The summed E-state index contributed by atoms with van der Waals surface area (Å²) in [7, 11) is 0. The number of carbonyl (C=O) groups excluding carboxylic acids is 4. The van der Waals surface area contributed by atoms with E-state index >= 15 is 0 Å². The molecule has 4 aromatic rings. The fraction of sp³-hybridized carbons (Fsp3) is 0.189. The first-order chi connectivity index (χ1) is 22.2. The summed E-state index contributed by atoms with van der Waals surface area (Å²) in [5.74, 6) is -0.384. The number of anilines is 2. The maximum Gasteiger partial charge on any atom is 0.272 e. The number of amides is 4. The lowest BCUT2D eigenvalue weighted by molar-refractivity contribution is -0.121.